The number of nitrogens with one attached hydrogen (secondary N) is 1. The minimum atomic E-state index is -1.27. The number of carboxylic acid groups (broad SMARTS) is 2. The highest BCUT2D eigenvalue weighted by atomic mass is 16.4. The zero-order chi connectivity index (χ0) is 15.8. The van der Waals surface area contributed by atoms with Crippen LogP contribution >= 0.6 is 0 Å². The third-order valence-corrected chi connectivity index (χ3v) is 2.91. The third kappa shape index (κ3) is 6.05. The predicted molar refractivity (Wildman–Crippen MR) is 74.4 cm³/mol. The van der Waals surface area contributed by atoms with Crippen LogP contribution in [0.4, 0.5) is 0 Å². The van der Waals surface area contributed by atoms with Gasteiger partial charge < -0.3 is 21.3 Å². The second kappa shape index (κ2) is 8.01. The molecule has 7 nitrogen and oxygen atoms in total. The molecule has 0 heterocycles. The molecule has 0 aliphatic rings. The van der Waals surface area contributed by atoms with Gasteiger partial charge in [-0.2, -0.15) is 0 Å². The van der Waals surface area contributed by atoms with E-state index in [9.17, 15) is 14.4 Å². The first-order valence-electron chi connectivity index (χ1n) is 6.44. The summed E-state index contributed by atoms with van der Waals surface area (Å²) in [6.45, 7) is 0. The van der Waals surface area contributed by atoms with Crippen molar-refractivity contribution in [2.75, 3.05) is 0 Å². The Morgan fingerprint density at radius 1 is 1.14 bits per heavy atom. The number of benzene rings is 1. The molecule has 0 bridgehead atoms. The van der Waals surface area contributed by atoms with Crippen LogP contribution in [0.15, 0.2) is 30.3 Å². The Hall–Kier alpha value is -2.41. The van der Waals surface area contributed by atoms with E-state index in [0.717, 1.165) is 5.56 Å². The van der Waals surface area contributed by atoms with E-state index in [-0.39, 0.29) is 19.3 Å². The van der Waals surface area contributed by atoms with Crippen LogP contribution in [0.3, 0.4) is 0 Å². The van der Waals surface area contributed by atoms with Gasteiger partial charge in [0, 0.05) is 18.9 Å². The molecule has 21 heavy (non-hydrogen) atoms. The van der Waals surface area contributed by atoms with Crippen LogP contribution < -0.4 is 11.1 Å². The van der Waals surface area contributed by atoms with Crippen LogP contribution in [0.25, 0.3) is 0 Å². The second-order valence-corrected chi connectivity index (χ2v) is 4.61. The zero-order valence-electron chi connectivity index (χ0n) is 11.4. The maximum absolute atomic E-state index is 11.8. The molecule has 0 radical (unpaired) electrons. The summed E-state index contributed by atoms with van der Waals surface area (Å²) in [5.41, 5.74) is 6.64. The van der Waals surface area contributed by atoms with E-state index in [0.29, 0.717) is 0 Å². The molecule has 0 fully saturated rings. The molecule has 0 aromatic heterocycles. The van der Waals surface area contributed by atoms with Crippen LogP contribution in [-0.4, -0.2) is 34.1 Å². The molecule has 0 aliphatic carbocycles. The van der Waals surface area contributed by atoms with E-state index in [1.54, 1.807) is 24.3 Å². The summed E-state index contributed by atoms with van der Waals surface area (Å²) in [4.78, 5) is 33.2. The van der Waals surface area contributed by atoms with Crippen molar-refractivity contribution in [1.29, 1.82) is 0 Å². The molecule has 5 N–H and O–H groups in total. The number of aliphatic carboxylic acids is 2. The average Bonchev–Trinajstić information content (AvgIpc) is 2.43. The number of hydrogen-bond acceptors (Lipinski definition) is 4. The van der Waals surface area contributed by atoms with Gasteiger partial charge in [0.25, 0.3) is 0 Å². The van der Waals surface area contributed by atoms with Gasteiger partial charge in [-0.15, -0.1) is 0 Å². The fourth-order valence-electron chi connectivity index (χ4n) is 1.80. The molecule has 0 saturated heterocycles. The minimum absolute atomic E-state index is 0.0686. The Morgan fingerprint density at radius 2 is 1.76 bits per heavy atom. The van der Waals surface area contributed by atoms with Crippen molar-refractivity contribution < 1.29 is 24.6 Å². The average molecular weight is 294 g/mol. The molecule has 7 heteroatoms. The van der Waals surface area contributed by atoms with Crippen molar-refractivity contribution in [2.45, 2.75) is 31.3 Å². The summed E-state index contributed by atoms with van der Waals surface area (Å²) in [7, 11) is 0. The van der Waals surface area contributed by atoms with Gasteiger partial charge in [0.1, 0.15) is 6.04 Å². The van der Waals surface area contributed by atoms with Crippen molar-refractivity contribution in [1.82, 2.24) is 5.32 Å². The SMILES string of the molecule is NC(CC(=O)N[C@@H](CCC(=O)O)C(=O)O)c1ccccc1. The number of carbonyl (C=O) groups is 3. The molecular formula is C14H18N2O5. The van der Waals surface area contributed by atoms with E-state index in [1.165, 1.54) is 0 Å². The fraction of sp³-hybridized carbons (Fsp3) is 0.357. The van der Waals surface area contributed by atoms with Gasteiger partial charge in [0.15, 0.2) is 0 Å². The van der Waals surface area contributed by atoms with E-state index in [1.807, 2.05) is 6.07 Å². The first-order valence-corrected chi connectivity index (χ1v) is 6.44. The lowest BCUT2D eigenvalue weighted by atomic mass is 10.0. The molecule has 1 unspecified atom stereocenters. The Labute approximate surface area is 121 Å². The molecule has 0 aliphatic heterocycles. The Morgan fingerprint density at radius 3 is 2.29 bits per heavy atom. The van der Waals surface area contributed by atoms with Crippen LogP contribution in [0.1, 0.15) is 30.9 Å². The lowest BCUT2D eigenvalue weighted by molar-refractivity contribution is -0.143. The molecule has 2 atom stereocenters. The second-order valence-electron chi connectivity index (χ2n) is 4.61. The van der Waals surface area contributed by atoms with Gasteiger partial charge in [-0.05, 0) is 12.0 Å². The molecule has 0 spiro atoms. The summed E-state index contributed by atoms with van der Waals surface area (Å²) in [6, 6.07) is 7.19. The normalized spacial score (nSPS) is 13.2. The largest absolute Gasteiger partial charge is 0.481 e. The predicted octanol–water partition coefficient (Wildman–Crippen LogP) is 0.511. The van der Waals surface area contributed by atoms with Crippen molar-refractivity contribution in [3.63, 3.8) is 0 Å². The van der Waals surface area contributed by atoms with Crippen molar-refractivity contribution in [3.05, 3.63) is 35.9 Å². The topological polar surface area (TPSA) is 130 Å². The quantitative estimate of drug-likeness (QED) is 0.552. The van der Waals surface area contributed by atoms with Gasteiger partial charge in [0.05, 0.1) is 0 Å². The number of carbonyl (C=O) groups excluding carboxylic acids is 1. The van der Waals surface area contributed by atoms with E-state index < -0.39 is 29.9 Å². The number of amides is 1. The molecule has 1 aromatic carbocycles. The lowest BCUT2D eigenvalue weighted by Crippen LogP contribution is -2.42. The Kier molecular flexibility index (Phi) is 6.35. The molecule has 0 saturated carbocycles. The number of nitrogens with two attached hydrogens (primary N) is 1. The van der Waals surface area contributed by atoms with Gasteiger partial charge in [-0.25, -0.2) is 4.79 Å². The Balaban J connectivity index is 2.54. The fourth-order valence-corrected chi connectivity index (χ4v) is 1.80. The van der Waals surface area contributed by atoms with Gasteiger partial charge in [0.2, 0.25) is 5.91 Å². The first kappa shape index (κ1) is 16.6. The highest BCUT2D eigenvalue weighted by molar-refractivity contribution is 5.84. The molecule has 1 aromatic rings. The summed E-state index contributed by atoms with van der Waals surface area (Å²) in [6.07, 6.45) is -0.570. The van der Waals surface area contributed by atoms with Crippen molar-refractivity contribution >= 4 is 17.8 Å². The minimum Gasteiger partial charge on any atom is -0.481 e. The number of rotatable bonds is 8. The van der Waals surface area contributed by atoms with Crippen LogP contribution in [0, 0.1) is 0 Å². The summed E-state index contributed by atoms with van der Waals surface area (Å²) in [5, 5.41) is 19.8. The Bertz CT molecular complexity index is 503. The summed E-state index contributed by atoms with van der Waals surface area (Å²) >= 11 is 0. The van der Waals surface area contributed by atoms with Crippen LogP contribution in [0.5, 0.6) is 0 Å². The maximum atomic E-state index is 11.8. The maximum Gasteiger partial charge on any atom is 0.326 e. The molecular weight excluding hydrogens is 276 g/mol. The summed E-state index contributed by atoms with van der Waals surface area (Å²) in [5.74, 6) is -2.90. The first-order chi connectivity index (χ1) is 9.90. The van der Waals surface area contributed by atoms with Gasteiger partial charge in [-0.1, -0.05) is 30.3 Å². The standard InChI is InChI=1S/C14H18N2O5/c15-10(9-4-2-1-3-5-9)8-12(17)16-11(14(20)21)6-7-13(18)19/h1-5,10-11H,6-8,15H2,(H,16,17)(H,18,19)(H,20,21)/t10?,11-/m0/s1. The van der Waals surface area contributed by atoms with Gasteiger partial charge >= 0.3 is 11.9 Å². The highest BCUT2D eigenvalue weighted by Gasteiger charge is 2.22. The van der Waals surface area contributed by atoms with E-state index >= 15 is 0 Å². The summed E-state index contributed by atoms with van der Waals surface area (Å²) < 4.78 is 0. The molecule has 114 valence electrons. The monoisotopic (exact) mass is 294 g/mol. The number of hydrogen-bond donors (Lipinski definition) is 4. The van der Waals surface area contributed by atoms with E-state index in [2.05, 4.69) is 5.32 Å². The van der Waals surface area contributed by atoms with Crippen molar-refractivity contribution in [3.8, 4) is 0 Å². The van der Waals surface area contributed by atoms with Crippen LogP contribution in [-0.2, 0) is 14.4 Å². The molecule has 1 amide bonds. The van der Waals surface area contributed by atoms with E-state index in [4.69, 9.17) is 15.9 Å². The third-order valence-electron chi connectivity index (χ3n) is 2.91. The van der Waals surface area contributed by atoms with Gasteiger partial charge in [-0.3, -0.25) is 9.59 Å². The van der Waals surface area contributed by atoms with Crippen LogP contribution in [0.2, 0.25) is 0 Å². The lowest BCUT2D eigenvalue weighted by Gasteiger charge is -2.16. The highest BCUT2D eigenvalue weighted by Crippen LogP contribution is 2.13. The van der Waals surface area contributed by atoms with Crippen molar-refractivity contribution in [2.24, 2.45) is 5.73 Å². The zero-order valence-corrected chi connectivity index (χ0v) is 11.4. The smallest absolute Gasteiger partial charge is 0.326 e. The molecule has 1 rings (SSSR count). The number of carboxylic acids is 2.